The molecule has 1 aromatic carbocycles. The normalized spacial score (nSPS) is 10.5. The van der Waals surface area contributed by atoms with E-state index >= 15 is 0 Å². The monoisotopic (exact) mass is 277 g/mol. The number of carbonyl (C=O) groups excluding carboxylic acids is 1. The third kappa shape index (κ3) is 5.37. The first-order valence-corrected chi connectivity index (χ1v) is 7.24. The van der Waals surface area contributed by atoms with Crippen LogP contribution in [0.2, 0.25) is 0 Å². The number of rotatable bonds is 4. The van der Waals surface area contributed by atoms with Crippen molar-refractivity contribution < 1.29 is 9.90 Å². The highest BCUT2D eigenvalue weighted by atomic mass is 32.2. The van der Waals surface area contributed by atoms with Crippen molar-refractivity contribution >= 4 is 17.7 Å². The lowest BCUT2D eigenvalue weighted by molar-refractivity contribution is 0.0951. The molecule has 3 nitrogen and oxygen atoms in total. The van der Waals surface area contributed by atoms with Crippen molar-refractivity contribution in [2.45, 2.75) is 18.6 Å². The molecule has 0 spiro atoms. The van der Waals surface area contributed by atoms with E-state index in [2.05, 4.69) is 31.0 Å². The van der Waals surface area contributed by atoms with Crippen molar-refractivity contribution in [3.8, 4) is 11.8 Å². The fourth-order valence-corrected chi connectivity index (χ4v) is 1.53. The van der Waals surface area contributed by atoms with Gasteiger partial charge in [-0.15, -0.1) is 0 Å². The van der Waals surface area contributed by atoms with E-state index in [1.807, 2.05) is 6.26 Å². The third-order valence-electron chi connectivity index (χ3n) is 2.69. The SMILES string of the molecule is CSC(C)(C)CNC(=O)c1ccc(C#CCO)cc1. The highest BCUT2D eigenvalue weighted by molar-refractivity contribution is 7.99. The quantitative estimate of drug-likeness (QED) is 0.827. The van der Waals surface area contributed by atoms with E-state index < -0.39 is 0 Å². The van der Waals surface area contributed by atoms with Gasteiger partial charge in [0.1, 0.15) is 6.61 Å². The average molecular weight is 277 g/mol. The van der Waals surface area contributed by atoms with Gasteiger partial charge in [-0.2, -0.15) is 11.8 Å². The van der Waals surface area contributed by atoms with Gasteiger partial charge in [0.05, 0.1) is 0 Å². The fraction of sp³-hybridized carbons (Fsp3) is 0.400. The Morgan fingerprint density at radius 2 is 2.00 bits per heavy atom. The van der Waals surface area contributed by atoms with E-state index in [0.29, 0.717) is 12.1 Å². The average Bonchev–Trinajstić information content (AvgIpc) is 2.43. The second-order valence-corrected chi connectivity index (χ2v) is 6.20. The molecule has 2 N–H and O–H groups in total. The van der Waals surface area contributed by atoms with Gasteiger partial charge in [-0.05, 0) is 44.4 Å². The van der Waals surface area contributed by atoms with Crippen LogP contribution in [0.3, 0.4) is 0 Å². The van der Waals surface area contributed by atoms with Crippen molar-refractivity contribution in [1.29, 1.82) is 0 Å². The summed E-state index contributed by atoms with van der Waals surface area (Å²) in [5.74, 6) is 5.28. The van der Waals surface area contributed by atoms with Crippen molar-refractivity contribution in [2.75, 3.05) is 19.4 Å². The molecule has 0 atom stereocenters. The van der Waals surface area contributed by atoms with Crippen LogP contribution >= 0.6 is 11.8 Å². The Hall–Kier alpha value is -1.44. The molecule has 0 unspecified atom stereocenters. The summed E-state index contributed by atoms with van der Waals surface area (Å²) in [6.45, 7) is 4.64. The van der Waals surface area contributed by atoms with E-state index in [1.54, 1.807) is 36.0 Å². The molecule has 1 rings (SSSR count). The molecule has 0 aliphatic heterocycles. The number of aliphatic hydroxyl groups is 1. The Kier molecular flexibility index (Phi) is 5.94. The third-order valence-corrected chi connectivity index (χ3v) is 3.94. The molecule has 0 aliphatic carbocycles. The second-order valence-electron chi connectivity index (χ2n) is 4.68. The van der Waals surface area contributed by atoms with E-state index in [4.69, 9.17) is 5.11 Å². The number of nitrogens with one attached hydrogen (secondary N) is 1. The maximum atomic E-state index is 11.9. The van der Waals surface area contributed by atoms with Gasteiger partial charge in [0, 0.05) is 22.4 Å². The van der Waals surface area contributed by atoms with Crippen LogP contribution in [0.4, 0.5) is 0 Å². The summed E-state index contributed by atoms with van der Waals surface area (Å²) in [6, 6.07) is 7.03. The Bertz CT molecular complexity index is 483. The molecule has 0 bridgehead atoms. The molecule has 19 heavy (non-hydrogen) atoms. The van der Waals surface area contributed by atoms with Crippen LogP contribution in [-0.2, 0) is 0 Å². The summed E-state index contributed by atoms with van der Waals surface area (Å²) in [4.78, 5) is 11.9. The van der Waals surface area contributed by atoms with Crippen LogP contribution in [0.5, 0.6) is 0 Å². The van der Waals surface area contributed by atoms with Gasteiger partial charge in [0.25, 0.3) is 5.91 Å². The zero-order valence-electron chi connectivity index (χ0n) is 11.5. The zero-order valence-corrected chi connectivity index (χ0v) is 12.3. The van der Waals surface area contributed by atoms with Crippen LogP contribution in [0, 0.1) is 11.8 Å². The van der Waals surface area contributed by atoms with Gasteiger partial charge in [0.2, 0.25) is 0 Å². The van der Waals surface area contributed by atoms with E-state index in [0.717, 1.165) is 5.56 Å². The van der Waals surface area contributed by atoms with Crippen molar-refractivity contribution in [3.63, 3.8) is 0 Å². The smallest absolute Gasteiger partial charge is 0.251 e. The molecular formula is C15H19NO2S. The van der Waals surface area contributed by atoms with E-state index in [-0.39, 0.29) is 17.3 Å². The van der Waals surface area contributed by atoms with Crippen LogP contribution in [-0.4, -0.2) is 35.2 Å². The van der Waals surface area contributed by atoms with Gasteiger partial charge in [-0.3, -0.25) is 4.79 Å². The number of hydrogen-bond acceptors (Lipinski definition) is 3. The van der Waals surface area contributed by atoms with Gasteiger partial charge in [-0.1, -0.05) is 11.8 Å². The predicted molar refractivity (Wildman–Crippen MR) is 80.3 cm³/mol. The fourth-order valence-electron chi connectivity index (χ4n) is 1.31. The molecule has 0 radical (unpaired) electrons. The van der Waals surface area contributed by atoms with Crippen molar-refractivity contribution in [2.24, 2.45) is 0 Å². The van der Waals surface area contributed by atoms with E-state index in [1.165, 1.54) is 0 Å². The summed E-state index contributed by atoms with van der Waals surface area (Å²) < 4.78 is 0.0300. The molecule has 4 heteroatoms. The highest BCUT2D eigenvalue weighted by Gasteiger charge is 2.17. The van der Waals surface area contributed by atoms with Crippen LogP contribution in [0.15, 0.2) is 24.3 Å². The standard InChI is InChI=1S/C15H19NO2S/c1-15(2,19-3)11-16-14(18)13-8-6-12(7-9-13)5-4-10-17/h6-9,17H,10-11H2,1-3H3,(H,16,18). The summed E-state index contributed by atoms with van der Waals surface area (Å²) in [6.07, 6.45) is 2.03. The largest absolute Gasteiger partial charge is 0.384 e. The molecule has 0 heterocycles. The van der Waals surface area contributed by atoms with Crippen LogP contribution < -0.4 is 5.32 Å². The lowest BCUT2D eigenvalue weighted by Crippen LogP contribution is -2.36. The number of aliphatic hydroxyl groups excluding tert-OH is 1. The van der Waals surface area contributed by atoms with Gasteiger partial charge in [-0.25, -0.2) is 0 Å². The molecule has 1 aromatic rings. The molecule has 0 aliphatic rings. The summed E-state index contributed by atoms with van der Waals surface area (Å²) in [7, 11) is 0. The van der Waals surface area contributed by atoms with Crippen LogP contribution in [0.25, 0.3) is 0 Å². The molecule has 0 saturated carbocycles. The minimum atomic E-state index is -0.161. The Balaban J connectivity index is 2.63. The summed E-state index contributed by atoms with van der Waals surface area (Å²) >= 11 is 1.72. The highest BCUT2D eigenvalue weighted by Crippen LogP contribution is 2.19. The second kappa shape index (κ2) is 7.22. The topological polar surface area (TPSA) is 49.3 Å². The number of hydrogen-bond donors (Lipinski definition) is 2. The molecule has 0 aromatic heterocycles. The minimum Gasteiger partial charge on any atom is -0.384 e. The lowest BCUT2D eigenvalue weighted by Gasteiger charge is -2.22. The van der Waals surface area contributed by atoms with Crippen molar-refractivity contribution in [3.05, 3.63) is 35.4 Å². The number of benzene rings is 1. The number of thioether (sulfide) groups is 1. The zero-order chi connectivity index (χ0) is 14.3. The van der Waals surface area contributed by atoms with Crippen LogP contribution in [0.1, 0.15) is 29.8 Å². The Labute approximate surface area is 118 Å². The maximum absolute atomic E-state index is 11.9. The molecular weight excluding hydrogens is 258 g/mol. The first kappa shape index (κ1) is 15.6. The molecule has 0 saturated heterocycles. The molecule has 102 valence electrons. The summed E-state index contributed by atoms with van der Waals surface area (Å²) in [5.41, 5.74) is 1.40. The molecule has 0 fully saturated rings. The van der Waals surface area contributed by atoms with Gasteiger partial charge >= 0.3 is 0 Å². The Morgan fingerprint density at radius 3 is 2.53 bits per heavy atom. The predicted octanol–water partition coefficient (Wildman–Crippen LogP) is 1.90. The first-order valence-electron chi connectivity index (χ1n) is 6.01. The van der Waals surface area contributed by atoms with Gasteiger partial charge in [0.15, 0.2) is 0 Å². The number of carbonyl (C=O) groups is 1. The number of amides is 1. The van der Waals surface area contributed by atoms with Gasteiger partial charge < -0.3 is 10.4 Å². The lowest BCUT2D eigenvalue weighted by atomic mass is 10.1. The molecule has 1 amide bonds. The summed E-state index contributed by atoms with van der Waals surface area (Å²) in [5, 5.41) is 11.5. The van der Waals surface area contributed by atoms with Crippen molar-refractivity contribution in [1.82, 2.24) is 5.32 Å². The minimum absolute atomic E-state index is 0.0300. The maximum Gasteiger partial charge on any atom is 0.251 e. The van der Waals surface area contributed by atoms with E-state index in [9.17, 15) is 4.79 Å². The first-order chi connectivity index (χ1) is 8.98. The Morgan fingerprint density at radius 1 is 1.37 bits per heavy atom.